The van der Waals surface area contributed by atoms with Crippen LogP contribution >= 0.6 is 0 Å². The molecule has 0 aliphatic heterocycles. The molecule has 2 N–H and O–H groups in total. The lowest BCUT2D eigenvalue weighted by atomic mass is 10.1. The van der Waals surface area contributed by atoms with E-state index in [9.17, 15) is 18.0 Å². The molecule has 0 atom stereocenters. The number of esters is 1. The van der Waals surface area contributed by atoms with Gasteiger partial charge in [0.15, 0.2) is 5.69 Å². The van der Waals surface area contributed by atoms with Crippen LogP contribution in [0.1, 0.15) is 11.3 Å². The first-order valence-electron chi connectivity index (χ1n) is 4.23. The highest BCUT2D eigenvalue weighted by atomic mass is 19.4. The first-order valence-corrected chi connectivity index (χ1v) is 4.23. The lowest BCUT2D eigenvalue weighted by Crippen LogP contribution is -2.13. The average Bonchev–Trinajstić information content (AvgIpc) is 2.15. The molecule has 88 valence electrons. The Balaban J connectivity index is 2.96. The largest absolute Gasteiger partial charge is 0.469 e. The average molecular weight is 234 g/mol. The summed E-state index contributed by atoms with van der Waals surface area (Å²) < 4.78 is 41.2. The summed E-state index contributed by atoms with van der Waals surface area (Å²) in [4.78, 5) is 14.0. The monoisotopic (exact) mass is 234 g/mol. The van der Waals surface area contributed by atoms with Crippen LogP contribution in [0.3, 0.4) is 0 Å². The van der Waals surface area contributed by atoms with Gasteiger partial charge in [0, 0.05) is 6.20 Å². The maximum Gasteiger partial charge on any atom is 0.435 e. The molecule has 1 aromatic rings. The quantitative estimate of drug-likeness (QED) is 0.785. The molecule has 0 aromatic carbocycles. The van der Waals surface area contributed by atoms with Gasteiger partial charge in [-0.05, 0) is 11.6 Å². The van der Waals surface area contributed by atoms with Gasteiger partial charge < -0.3 is 10.5 Å². The molecule has 16 heavy (non-hydrogen) atoms. The highest BCUT2D eigenvalue weighted by Crippen LogP contribution is 2.31. The number of pyridine rings is 1. The molecule has 0 spiro atoms. The number of hydrogen-bond donors (Lipinski definition) is 1. The first kappa shape index (κ1) is 12.3. The summed E-state index contributed by atoms with van der Waals surface area (Å²) in [6, 6.07) is 1.06. The summed E-state index contributed by atoms with van der Waals surface area (Å²) in [6.45, 7) is 0. The predicted molar refractivity (Wildman–Crippen MR) is 49.4 cm³/mol. The molecule has 1 rings (SSSR count). The zero-order chi connectivity index (χ0) is 12.3. The molecule has 4 nitrogen and oxygen atoms in total. The van der Waals surface area contributed by atoms with Crippen molar-refractivity contribution >= 4 is 11.7 Å². The van der Waals surface area contributed by atoms with Gasteiger partial charge in [-0.1, -0.05) is 0 Å². The number of alkyl halides is 3. The number of halogens is 3. The Bertz CT molecular complexity index is 404. The topological polar surface area (TPSA) is 65.2 Å². The smallest absolute Gasteiger partial charge is 0.435 e. The Labute approximate surface area is 89.2 Å². The third kappa shape index (κ3) is 2.85. The summed E-state index contributed by atoms with van der Waals surface area (Å²) >= 11 is 0. The van der Waals surface area contributed by atoms with Crippen molar-refractivity contribution in [1.82, 2.24) is 4.98 Å². The van der Waals surface area contributed by atoms with E-state index in [4.69, 9.17) is 5.73 Å². The van der Waals surface area contributed by atoms with Crippen molar-refractivity contribution in [3.8, 4) is 0 Å². The van der Waals surface area contributed by atoms with Crippen LogP contribution in [-0.2, 0) is 22.1 Å². The molecule has 1 aromatic heterocycles. The van der Waals surface area contributed by atoms with Crippen LogP contribution in [0.4, 0.5) is 18.9 Å². The van der Waals surface area contributed by atoms with Gasteiger partial charge in [0.1, 0.15) is 0 Å². The van der Waals surface area contributed by atoms with Crippen LogP contribution in [0.2, 0.25) is 0 Å². The number of anilines is 1. The fraction of sp³-hybridized carbons (Fsp3) is 0.333. The van der Waals surface area contributed by atoms with E-state index < -0.39 is 23.5 Å². The van der Waals surface area contributed by atoms with Crippen LogP contribution in [0, 0.1) is 0 Å². The van der Waals surface area contributed by atoms with Crippen molar-refractivity contribution in [2.45, 2.75) is 12.6 Å². The van der Waals surface area contributed by atoms with Crippen molar-refractivity contribution in [2.75, 3.05) is 12.8 Å². The van der Waals surface area contributed by atoms with Gasteiger partial charge in [0.25, 0.3) is 0 Å². The normalized spacial score (nSPS) is 11.2. The Morgan fingerprint density at radius 2 is 2.19 bits per heavy atom. The number of rotatable bonds is 2. The second-order valence-electron chi connectivity index (χ2n) is 3.03. The molecular weight excluding hydrogens is 225 g/mol. The van der Waals surface area contributed by atoms with E-state index in [0.29, 0.717) is 0 Å². The lowest BCUT2D eigenvalue weighted by Gasteiger charge is -2.09. The van der Waals surface area contributed by atoms with Crippen LogP contribution < -0.4 is 5.73 Å². The van der Waals surface area contributed by atoms with E-state index in [0.717, 1.165) is 12.3 Å². The number of carbonyl (C=O) groups excluding carboxylic acids is 1. The summed E-state index contributed by atoms with van der Waals surface area (Å²) in [5.74, 6) is -0.569. The van der Waals surface area contributed by atoms with Crippen molar-refractivity contribution in [3.63, 3.8) is 0 Å². The standard InChI is InChI=1S/C9H9F3N2O2/c1-16-7(15)3-5-2-6(13)8(14-4-5)9(10,11)12/h2,4H,3,13H2,1H3. The lowest BCUT2D eigenvalue weighted by molar-refractivity contribution is -0.140. The van der Waals surface area contributed by atoms with Gasteiger partial charge in [0.05, 0.1) is 19.2 Å². The van der Waals surface area contributed by atoms with Crippen molar-refractivity contribution in [2.24, 2.45) is 0 Å². The fourth-order valence-electron chi connectivity index (χ4n) is 1.10. The number of methoxy groups -OCH3 is 1. The van der Waals surface area contributed by atoms with Crippen molar-refractivity contribution in [3.05, 3.63) is 23.5 Å². The highest BCUT2D eigenvalue weighted by molar-refractivity contribution is 5.72. The molecule has 0 bridgehead atoms. The van der Waals surface area contributed by atoms with Gasteiger partial charge in [-0.25, -0.2) is 4.98 Å². The van der Waals surface area contributed by atoms with E-state index >= 15 is 0 Å². The van der Waals surface area contributed by atoms with Crippen LogP contribution in [0.5, 0.6) is 0 Å². The van der Waals surface area contributed by atoms with Gasteiger partial charge in [0.2, 0.25) is 0 Å². The molecule has 0 amide bonds. The zero-order valence-electron chi connectivity index (χ0n) is 8.34. The van der Waals surface area contributed by atoms with Crippen LogP contribution in [0.15, 0.2) is 12.3 Å². The second-order valence-corrected chi connectivity index (χ2v) is 3.03. The number of aromatic nitrogens is 1. The van der Waals surface area contributed by atoms with Gasteiger partial charge in [-0.3, -0.25) is 4.79 Å². The minimum Gasteiger partial charge on any atom is -0.469 e. The number of hydrogen-bond acceptors (Lipinski definition) is 4. The fourth-order valence-corrected chi connectivity index (χ4v) is 1.10. The molecule has 0 fully saturated rings. The third-order valence-electron chi connectivity index (χ3n) is 1.82. The molecular formula is C9H9F3N2O2. The number of nitrogens with zero attached hydrogens (tertiary/aromatic N) is 1. The molecule has 0 unspecified atom stereocenters. The third-order valence-corrected chi connectivity index (χ3v) is 1.82. The molecule has 0 radical (unpaired) electrons. The van der Waals surface area contributed by atoms with Crippen molar-refractivity contribution < 1.29 is 22.7 Å². The van der Waals surface area contributed by atoms with E-state index in [1.165, 1.54) is 7.11 Å². The van der Waals surface area contributed by atoms with Crippen LogP contribution in [-0.4, -0.2) is 18.1 Å². The predicted octanol–water partition coefficient (Wildman–Crippen LogP) is 1.40. The Morgan fingerprint density at radius 3 is 2.62 bits per heavy atom. The second kappa shape index (κ2) is 4.38. The van der Waals surface area contributed by atoms with Gasteiger partial charge in [-0.15, -0.1) is 0 Å². The number of ether oxygens (including phenoxy) is 1. The van der Waals surface area contributed by atoms with E-state index in [-0.39, 0.29) is 12.0 Å². The maximum absolute atomic E-state index is 12.3. The molecule has 7 heteroatoms. The Kier molecular flexibility index (Phi) is 3.36. The van der Waals surface area contributed by atoms with E-state index in [1.807, 2.05) is 0 Å². The zero-order valence-corrected chi connectivity index (χ0v) is 8.34. The summed E-state index contributed by atoms with van der Waals surface area (Å²) in [5, 5.41) is 0. The molecule has 1 heterocycles. The first-order chi connectivity index (χ1) is 7.34. The Hall–Kier alpha value is -1.79. The molecule has 0 aliphatic carbocycles. The summed E-state index contributed by atoms with van der Waals surface area (Å²) in [7, 11) is 1.18. The van der Waals surface area contributed by atoms with Gasteiger partial charge in [-0.2, -0.15) is 13.2 Å². The number of nitrogen functional groups attached to an aromatic ring is 1. The van der Waals surface area contributed by atoms with Gasteiger partial charge >= 0.3 is 12.1 Å². The summed E-state index contributed by atoms with van der Waals surface area (Å²) in [5.41, 5.74) is 3.81. The molecule has 0 saturated heterocycles. The minimum atomic E-state index is -4.59. The SMILES string of the molecule is COC(=O)Cc1cnc(C(F)(F)F)c(N)c1. The summed E-state index contributed by atoms with van der Waals surface area (Å²) in [6.07, 6.45) is -3.80. The van der Waals surface area contributed by atoms with Crippen LogP contribution in [0.25, 0.3) is 0 Å². The van der Waals surface area contributed by atoms with E-state index in [1.54, 1.807) is 0 Å². The van der Waals surface area contributed by atoms with E-state index in [2.05, 4.69) is 9.72 Å². The number of nitrogens with two attached hydrogens (primary N) is 1. The van der Waals surface area contributed by atoms with Crippen molar-refractivity contribution in [1.29, 1.82) is 0 Å². The Morgan fingerprint density at radius 1 is 1.56 bits per heavy atom. The molecule has 0 saturated carbocycles. The maximum atomic E-state index is 12.3. The molecule has 0 aliphatic rings. The minimum absolute atomic E-state index is 0.161. The number of carbonyl (C=O) groups is 1. The highest BCUT2D eigenvalue weighted by Gasteiger charge is 2.34.